The zero-order valence-corrected chi connectivity index (χ0v) is 11.7. The summed E-state index contributed by atoms with van der Waals surface area (Å²) in [5.74, 6) is -0.655. The molecule has 0 saturated carbocycles. The first-order valence-corrected chi connectivity index (χ1v) is 6.73. The predicted octanol–water partition coefficient (Wildman–Crippen LogP) is 3.05. The van der Waals surface area contributed by atoms with Crippen LogP contribution in [0.4, 0.5) is 0 Å². The van der Waals surface area contributed by atoms with Crippen LogP contribution >= 0.6 is 15.9 Å². The first-order chi connectivity index (χ1) is 8.63. The lowest BCUT2D eigenvalue weighted by atomic mass is 9.88. The number of ether oxygens (including phenoxy) is 1. The van der Waals surface area contributed by atoms with E-state index in [-0.39, 0.29) is 11.7 Å². The fourth-order valence-electron chi connectivity index (χ4n) is 2.18. The fraction of sp³-hybridized carbons (Fsp3) is 0.429. The first kappa shape index (κ1) is 13.3. The van der Waals surface area contributed by atoms with Crippen molar-refractivity contribution in [3.63, 3.8) is 0 Å². The zero-order chi connectivity index (χ0) is 13.1. The second-order valence-corrected chi connectivity index (χ2v) is 5.49. The number of hydrogen-bond acceptors (Lipinski definition) is 3. The molecule has 3 nitrogen and oxygen atoms in total. The number of nitriles is 1. The lowest BCUT2D eigenvalue weighted by molar-refractivity contribution is -0.129. The van der Waals surface area contributed by atoms with Crippen LogP contribution in [0.1, 0.15) is 24.8 Å². The van der Waals surface area contributed by atoms with Gasteiger partial charge in [-0.2, -0.15) is 5.26 Å². The van der Waals surface area contributed by atoms with Crippen molar-refractivity contribution in [2.75, 3.05) is 6.61 Å². The van der Waals surface area contributed by atoms with Crippen molar-refractivity contribution in [2.45, 2.75) is 25.4 Å². The molecule has 1 aliphatic rings. The minimum absolute atomic E-state index is 0.121. The van der Waals surface area contributed by atoms with E-state index in [0.717, 1.165) is 16.5 Å². The Morgan fingerprint density at radius 1 is 1.50 bits per heavy atom. The summed E-state index contributed by atoms with van der Waals surface area (Å²) in [5.41, 5.74) is 0.730. The van der Waals surface area contributed by atoms with Crippen molar-refractivity contribution in [3.8, 4) is 6.07 Å². The molecule has 3 atom stereocenters. The minimum Gasteiger partial charge on any atom is -0.370 e. The fourth-order valence-corrected chi connectivity index (χ4v) is 2.45. The molecule has 2 rings (SSSR count). The number of benzene rings is 1. The molecule has 0 aromatic heterocycles. The van der Waals surface area contributed by atoms with Crippen LogP contribution in [0, 0.1) is 17.2 Å². The van der Waals surface area contributed by atoms with Gasteiger partial charge in [0.1, 0.15) is 12.0 Å². The number of carbonyl (C=O) groups is 1. The Balaban J connectivity index is 2.21. The maximum atomic E-state index is 12.3. The monoisotopic (exact) mass is 307 g/mol. The summed E-state index contributed by atoms with van der Waals surface area (Å²) in [6, 6.07) is 9.37. The van der Waals surface area contributed by atoms with Crippen LogP contribution < -0.4 is 0 Å². The highest BCUT2D eigenvalue weighted by atomic mass is 79.9. The highest BCUT2D eigenvalue weighted by molar-refractivity contribution is 9.10. The van der Waals surface area contributed by atoms with Crippen molar-refractivity contribution in [1.82, 2.24) is 0 Å². The molecule has 94 valence electrons. The molecule has 0 spiro atoms. The van der Waals surface area contributed by atoms with Crippen molar-refractivity contribution in [3.05, 3.63) is 34.3 Å². The van der Waals surface area contributed by atoms with Gasteiger partial charge in [-0.05, 0) is 30.0 Å². The summed E-state index contributed by atoms with van der Waals surface area (Å²) in [7, 11) is 0. The summed E-state index contributed by atoms with van der Waals surface area (Å²) in [6.07, 6.45) is 0.452. The molecular weight excluding hydrogens is 294 g/mol. The Morgan fingerprint density at radius 3 is 2.67 bits per heavy atom. The van der Waals surface area contributed by atoms with Crippen molar-refractivity contribution in [1.29, 1.82) is 5.26 Å². The van der Waals surface area contributed by atoms with E-state index in [1.165, 1.54) is 0 Å². The van der Waals surface area contributed by atoms with Crippen LogP contribution in [0.15, 0.2) is 28.7 Å². The maximum Gasteiger partial charge on any atom is 0.183 e. The number of carbonyl (C=O) groups excluding carboxylic acids is 1. The average molecular weight is 308 g/mol. The van der Waals surface area contributed by atoms with Gasteiger partial charge in [-0.15, -0.1) is 0 Å². The van der Waals surface area contributed by atoms with Gasteiger partial charge in [-0.1, -0.05) is 35.0 Å². The van der Waals surface area contributed by atoms with Crippen LogP contribution in [0.5, 0.6) is 0 Å². The summed E-state index contributed by atoms with van der Waals surface area (Å²) in [4.78, 5) is 12.3. The van der Waals surface area contributed by atoms with Gasteiger partial charge in [0.05, 0.1) is 6.07 Å². The number of rotatable bonds is 3. The largest absolute Gasteiger partial charge is 0.370 e. The Kier molecular flexibility index (Phi) is 4.15. The Bertz CT molecular complexity index is 478. The third-order valence-corrected chi connectivity index (χ3v) is 3.81. The third kappa shape index (κ3) is 2.63. The summed E-state index contributed by atoms with van der Waals surface area (Å²) < 4.78 is 6.38. The Morgan fingerprint density at radius 2 is 2.17 bits per heavy atom. The van der Waals surface area contributed by atoms with E-state index in [1.54, 1.807) is 12.1 Å². The van der Waals surface area contributed by atoms with Gasteiger partial charge in [-0.3, -0.25) is 4.79 Å². The summed E-state index contributed by atoms with van der Waals surface area (Å²) >= 11 is 3.34. The van der Waals surface area contributed by atoms with E-state index in [4.69, 9.17) is 4.74 Å². The van der Waals surface area contributed by atoms with E-state index < -0.39 is 12.0 Å². The summed E-state index contributed by atoms with van der Waals surface area (Å²) in [5, 5.41) is 9.23. The number of hydrogen-bond donors (Lipinski definition) is 0. The van der Waals surface area contributed by atoms with Gasteiger partial charge >= 0.3 is 0 Å². The van der Waals surface area contributed by atoms with Gasteiger partial charge in [0.2, 0.25) is 0 Å². The number of Topliss-reactive ketones (excluding diaryl/α,β-unsaturated/α-hetero) is 1. The molecule has 18 heavy (non-hydrogen) atoms. The molecule has 1 heterocycles. The topological polar surface area (TPSA) is 50.1 Å². The minimum atomic E-state index is -0.733. The highest BCUT2D eigenvalue weighted by Crippen LogP contribution is 2.28. The smallest absolute Gasteiger partial charge is 0.183 e. The average Bonchev–Trinajstić information content (AvgIpc) is 2.78. The molecule has 0 amide bonds. The van der Waals surface area contributed by atoms with E-state index in [1.807, 2.05) is 19.1 Å². The van der Waals surface area contributed by atoms with Crippen molar-refractivity contribution in [2.24, 2.45) is 5.92 Å². The van der Waals surface area contributed by atoms with Gasteiger partial charge in [-0.25, -0.2) is 0 Å². The molecule has 1 aromatic carbocycles. The molecule has 4 heteroatoms. The van der Waals surface area contributed by atoms with Crippen LogP contribution in [0.3, 0.4) is 0 Å². The van der Waals surface area contributed by atoms with E-state index >= 15 is 0 Å². The number of ketones is 1. The maximum absolute atomic E-state index is 12.3. The molecule has 0 aliphatic carbocycles. The molecule has 1 saturated heterocycles. The SMILES string of the molecule is CC1CCOC1C(=O)C(C#N)c1ccc(Br)cc1. The molecular formula is C14H14BrNO2. The van der Waals surface area contributed by atoms with Crippen LogP contribution in [-0.2, 0) is 9.53 Å². The zero-order valence-electron chi connectivity index (χ0n) is 10.1. The quantitative estimate of drug-likeness (QED) is 0.862. The molecule has 0 bridgehead atoms. The standard InChI is InChI=1S/C14H14BrNO2/c1-9-6-7-18-14(9)13(17)12(8-16)10-2-4-11(15)5-3-10/h2-5,9,12,14H,6-7H2,1H3. The first-order valence-electron chi connectivity index (χ1n) is 5.94. The van der Waals surface area contributed by atoms with Crippen molar-refractivity contribution >= 4 is 21.7 Å². The van der Waals surface area contributed by atoms with E-state index in [9.17, 15) is 10.1 Å². The van der Waals surface area contributed by atoms with Crippen LogP contribution in [-0.4, -0.2) is 18.5 Å². The van der Waals surface area contributed by atoms with Crippen LogP contribution in [0.25, 0.3) is 0 Å². The predicted molar refractivity (Wildman–Crippen MR) is 71.0 cm³/mol. The van der Waals surface area contributed by atoms with E-state index in [0.29, 0.717) is 6.61 Å². The summed E-state index contributed by atoms with van der Waals surface area (Å²) in [6.45, 7) is 2.60. The lowest BCUT2D eigenvalue weighted by Crippen LogP contribution is -2.29. The van der Waals surface area contributed by atoms with Gasteiger partial charge in [0.25, 0.3) is 0 Å². The highest BCUT2D eigenvalue weighted by Gasteiger charge is 2.35. The normalized spacial score (nSPS) is 24.5. The molecule has 0 radical (unpaired) electrons. The number of nitrogens with zero attached hydrogens (tertiary/aromatic N) is 1. The van der Waals surface area contributed by atoms with Crippen molar-refractivity contribution < 1.29 is 9.53 Å². The molecule has 1 aromatic rings. The Hall–Kier alpha value is -1.18. The van der Waals surface area contributed by atoms with Gasteiger partial charge < -0.3 is 4.74 Å². The third-order valence-electron chi connectivity index (χ3n) is 3.28. The number of halogens is 1. The van der Waals surface area contributed by atoms with Gasteiger partial charge in [0, 0.05) is 11.1 Å². The molecule has 1 fully saturated rings. The van der Waals surface area contributed by atoms with E-state index in [2.05, 4.69) is 22.0 Å². The van der Waals surface area contributed by atoms with Gasteiger partial charge in [0.15, 0.2) is 5.78 Å². The molecule has 1 aliphatic heterocycles. The Labute approximate surface area is 115 Å². The second kappa shape index (κ2) is 5.64. The lowest BCUT2D eigenvalue weighted by Gasteiger charge is -2.17. The molecule has 0 N–H and O–H groups in total. The molecule has 3 unspecified atom stereocenters. The van der Waals surface area contributed by atoms with Crippen LogP contribution in [0.2, 0.25) is 0 Å². The second-order valence-electron chi connectivity index (χ2n) is 4.57.